The van der Waals surface area contributed by atoms with Crippen molar-refractivity contribution < 1.29 is 22.5 Å². The fourth-order valence-corrected chi connectivity index (χ4v) is 5.80. The van der Waals surface area contributed by atoms with Crippen LogP contribution in [0.4, 0.5) is 4.39 Å². The molecule has 150 valence electrons. The number of likely N-dealkylation sites (tertiary alicyclic amines) is 1. The van der Waals surface area contributed by atoms with Gasteiger partial charge in [0.15, 0.2) is 6.54 Å². The average molecular weight is 399 g/mol. The summed E-state index contributed by atoms with van der Waals surface area (Å²) in [5.74, 6) is 0.779. The van der Waals surface area contributed by atoms with E-state index in [4.69, 9.17) is 0 Å². The minimum Gasteiger partial charge on any atom is -0.335 e. The molecule has 2 aliphatic rings. The van der Waals surface area contributed by atoms with Crippen LogP contribution in [0.3, 0.4) is 0 Å². The Labute approximate surface area is 161 Å². The molecule has 6 nitrogen and oxygen atoms in total. The summed E-state index contributed by atoms with van der Waals surface area (Å²) in [6, 6.07) is 5.05. The maximum absolute atomic E-state index is 13.4. The molecule has 2 saturated heterocycles. The number of piperidine rings is 1. The van der Waals surface area contributed by atoms with Gasteiger partial charge in [-0.15, -0.1) is 0 Å². The smallest absolute Gasteiger partial charge is 0.277 e. The Morgan fingerprint density at radius 1 is 1.15 bits per heavy atom. The monoisotopic (exact) mass is 398 g/mol. The van der Waals surface area contributed by atoms with Crippen LogP contribution < -0.4 is 4.90 Å². The number of amides is 1. The number of nitrogens with one attached hydrogen (secondary N) is 1. The van der Waals surface area contributed by atoms with Crippen molar-refractivity contribution in [1.29, 1.82) is 0 Å². The Hall–Kier alpha value is -1.51. The quantitative estimate of drug-likeness (QED) is 0.789. The van der Waals surface area contributed by atoms with E-state index in [1.54, 1.807) is 4.90 Å². The summed E-state index contributed by atoms with van der Waals surface area (Å²) in [5, 5.41) is 0. The van der Waals surface area contributed by atoms with Crippen molar-refractivity contribution in [1.82, 2.24) is 9.21 Å². The number of hydrogen-bond donors (Lipinski definition) is 1. The van der Waals surface area contributed by atoms with Crippen LogP contribution in [0.15, 0.2) is 29.2 Å². The zero-order valence-corrected chi connectivity index (χ0v) is 16.8. The van der Waals surface area contributed by atoms with E-state index < -0.39 is 15.8 Å². The molecule has 0 spiro atoms. The van der Waals surface area contributed by atoms with Crippen molar-refractivity contribution in [3.05, 3.63) is 30.1 Å². The molecule has 2 heterocycles. The number of halogens is 1. The zero-order chi connectivity index (χ0) is 19.6. The highest BCUT2D eigenvalue weighted by atomic mass is 32.2. The molecule has 1 N–H and O–H groups in total. The Balaban J connectivity index is 1.56. The summed E-state index contributed by atoms with van der Waals surface area (Å²) >= 11 is 0. The van der Waals surface area contributed by atoms with E-state index in [-0.39, 0.29) is 23.9 Å². The van der Waals surface area contributed by atoms with Crippen LogP contribution in [0, 0.1) is 17.7 Å². The third-order valence-corrected chi connectivity index (χ3v) is 7.40. The number of carbonyl (C=O) groups excluding carboxylic acids is 1. The molecular weight excluding hydrogens is 369 g/mol. The van der Waals surface area contributed by atoms with E-state index in [0.29, 0.717) is 31.5 Å². The van der Waals surface area contributed by atoms with E-state index in [1.165, 1.54) is 33.8 Å². The van der Waals surface area contributed by atoms with Gasteiger partial charge in [0, 0.05) is 38.0 Å². The van der Waals surface area contributed by atoms with Crippen LogP contribution in [0.2, 0.25) is 0 Å². The second-order valence-electron chi connectivity index (χ2n) is 8.02. The maximum Gasteiger partial charge on any atom is 0.277 e. The van der Waals surface area contributed by atoms with E-state index in [9.17, 15) is 17.6 Å². The molecule has 0 unspecified atom stereocenters. The summed E-state index contributed by atoms with van der Waals surface area (Å²) in [4.78, 5) is 15.7. The van der Waals surface area contributed by atoms with E-state index >= 15 is 0 Å². The van der Waals surface area contributed by atoms with Gasteiger partial charge >= 0.3 is 0 Å². The van der Waals surface area contributed by atoms with Gasteiger partial charge in [0.25, 0.3) is 5.91 Å². The maximum atomic E-state index is 13.4. The van der Waals surface area contributed by atoms with Crippen molar-refractivity contribution >= 4 is 15.9 Å². The molecule has 2 atom stereocenters. The van der Waals surface area contributed by atoms with Gasteiger partial charge in [-0.05, 0) is 24.6 Å². The number of nitrogens with zero attached hydrogens (tertiary/aromatic N) is 2. The first-order valence-corrected chi connectivity index (χ1v) is 11.1. The summed E-state index contributed by atoms with van der Waals surface area (Å²) in [6.07, 6.45) is 1.22. The van der Waals surface area contributed by atoms with Crippen molar-refractivity contribution in [3.8, 4) is 0 Å². The van der Waals surface area contributed by atoms with Crippen molar-refractivity contribution in [2.45, 2.75) is 25.2 Å². The first kappa shape index (κ1) is 20.2. The minimum absolute atomic E-state index is 0.0389. The van der Waals surface area contributed by atoms with Crippen LogP contribution in [0.5, 0.6) is 0 Å². The number of benzene rings is 1. The average Bonchev–Trinajstić information content (AvgIpc) is 2.61. The molecule has 0 saturated carbocycles. The van der Waals surface area contributed by atoms with Crippen molar-refractivity contribution in [2.75, 3.05) is 45.8 Å². The molecule has 1 aromatic rings. The van der Waals surface area contributed by atoms with Gasteiger partial charge in [-0.2, -0.15) is 4.31 Å². The van der Waals surface area contributed by atoms with Gasteiger partial charge < -0.3 is 9.80 Å². The Morgan fingerprint density at radius 3 is 2.37 bits per heavy atom. The van der Waals surface area contributed by atoms with Crippen molar-refractivity contribution in [2.24, 2.45) is 11.8 Å². The van der Waals surface area contributed by atoms with Crippen molar-refractivity contribution in [3.63, 3.8) is 0 Å². The highest BCUT2D eigenvalue weighted by molar-refractivity contribution is 7.89. The topological polar surface area (TPSA) is 62.1 Å². The largest absolute Gasteiger partial charge is 0.335 e. The number of carbonyl (C=O) groups is 1. The van der Waals surface area contributed by atoms with Crippen LogP contribution in [-0.4, -0.2) is 69.3 Å². The number of sulfonamides is 1. The predicted octanol–water partition coefficient (Wildman–Crippen LogP) is 0.219. The molecule has 27 heavy (non-hydrogen) atoms. The zero-order valence-electron chi connectivity index (χ0n) is 16.0. The summed E-state index contributed by atoms with van der Waals surface area (Å²) in [6.45, 7) is 8.22. The summed E-state index contributed by atoms with van der Waals surface area (Å²) in [5.41, 5.74) is 0. The standard InChI is InChI=1S/C19H28FN3O3S/c1-15-10-16(2)13-21(12-15)14-19(24)22-6-8-23(9-7-22)27(25,26)18-5-3-4-17(20)11-18/h3-5,11,15-16H,6-10,12-14H2,1-2H3/p+1/t15-,16-/m0/s1. The molecule has 8 heteroatoms. The highest BCUT2D eigenvalue weighted by Gasteiger charge is 2.33. The molecular formula is C19H29FN3O3S+. The second-order valence-corrected chi connectivity index (χ2v) is 9.96. The Bertz CT molecular complexity index is 768. The fraction of sp³-hybridized carbons (Fsp3) is 0.632. The van der Waals surface area contributed by atoms with Gasteiger partial charge in [0.2, 0.25) is 10.0 Å². The third-order valence-electron chi connectivity index (χ3n) is 5.51. The van der Waals surface area contributed by atoms with Crippen LogP contribution in [0.1, 0.15) is 20.3 Å². The second kappa shape index (κ2) is 8.24. The minimum atomic E-state index is -3.73. The normalized spacial score (nSPS) is 27.5. The molecule has 0 radical (unpaired) electrons. The lowest BCUT2D eigenvalue weighted by atomic mass is 9.92. The number of piperazine rings is 1. The Kier molecular flexibility index (Phi) is 6.18. The van der Waals surface area contributed by atoms with Gasteiger partial charge in [-0.3, -0.25) is 4.79 Å². The van der Waals surface area contributed by atoms with E-state index in [2.05, 4.69) is 13.8 Å². The van der Waals surface area contributed by atoms with E-state index in [1.807, 2.05) is 0 Å². The van der Waals surface area contributed by atoms with Gasteiger partial charge in [0.1, 0.15) is 5.82 Å². The molecule has 0 bridgehead atoms. The van der Waals surface area contributed by atoms with Crippen LogP contribution in [-0.2, 0) is 14.8 Å². The lowest BCUT2D eigenvalue weighted by Crippen LogP contribution is -3.15. The molecule has 2 aliphatic heterocycles. The van der Waals surface area contributed by atoms with Gasteiger partial charge in [-0.25, -0.2) is 12.8 Å². The summed E-state index contributed by atoms with van der Waals surface area (Å²) in [7, 11) is -3.73. The molecule has 3 rings (SSSR count). The molecule has 1 aromatic carbocycles. The highest BCUT2D eigenvalue weighted by Crippen LogP contribution is 2.18. The third kappa shape index (κ3) is 4.86. The van der Waals surface area contributed by atoms with Gasteiger partial charge in [-0.1, -0.05) is 19.9 Å². The summed E-state index contributed by atoms with van der Waals surface area (Å²) < 4.78 is 40.0. The molecule has 0 aromatic heterocycles. The predicted molar refractivity (Wildman–Crippen MR) is 100 cm³/mol. The van der Waals surface area contributed by atoms with E-state index in [0.717, 1.165) is 19.2 Å². The fourth-order valence-electron chi connectivity index (χ4n) is 4.35. The number of hydrogen-bond acceptors (Lipinski definition) is 3. The molecule has 2 fully saturated rings. The van der Waals surface area contributed by atoms with Crippen LogP contribution in [0.25, 0.3) is 0 Å². The SMILES string of the molecule is C[C@H]1C[C@H](C)C[NH+](CC(=O)N2CCN(S(=O)(=O)c3cccc(F)c3)CC2)C1. The lowest BCUT2D eigenvalue weighted by Gasteiger charge is -2.36. The lowest BCUT2D eigenvalue weighted by molar-refractivity contribution is -0.904. The van der Waals surface area contributed by atoms with Gasteiger partial charge in [0.05, 0.1) is 18.0 Å². The molecule has 0 aliphatic carbocycles. The Morgan fingerprint density at radius 2 is 1.78 bits per heavy atom. The molecule has 1 amide bonds. The number of rotatable bonds is 4. The first-order valence-electron chi connectivity index (χ1n) is 9.62. The van der Waals surface area contributed by atoms with Crippen LogP contribution >= 0.6 is 0 Å². The first-order chi connectivity index (χ1) is 12.8. The number of quaternary nitrogens is 1.